The maximum Gasteiger partial charge on any atom is 0.229 e. The van der Waals surface area contributed by atoms with Gasteiger partial charge >= 0.3 is 0 Å². The Balaban J connectivity index is 1.61. The van der Waals surface area contributed by atoms with Crippen molar-refractivity contribution in [2.75, 3.05) is 32.9 Å². The summed E-state index contributed by atoms with van der Waals surface area (Å²) in [5.74, 6) is 1.11. The molecule has 0 aliphatic carbocycles. The molecule has 3 rings (SSSR count). The number of aryl methyl sites for hydroxylation is 1. The molecule has 1 aliphatic rings. The van der Waals surface area contributed by atoms with Crippen molar-refractivity contribution in [3.05, 3.63) is 53.1 Å². The highest BCUT2D eigenvalue weighted by Crippen LogP contribution is 2.33. The van der Waals surface area contributed by atoms with Gasteiger partial charge in [0.2, 0.25) is 12.2 Å². The van der Waals surface area contributed by atoms with Crippen LogP contribution in [0.4, 0.5) is 0 Å². The van der Waals surface area contributed by atoms with Crippen LogP contribution in [0, 0.1) is 18.4 Å². The lowest BCUT2D eigenvalue weighted by Gasteiger charge is -2.39. The van der Waals surface area contributed by atoms with E-state index in [2.05, 4.69) is 15.6 Å². The summed E-state index contributed by atoms with van der Waals surface area (Å²) < 4.78 is 17.1. The highest BCUT2D eigenvalue weighted by atomic mass is 16.7. The van der Waals surface area contributed by atoms with E-state index in [9.17, 15) is 25.5 Å². The minimum absolute atomic E-state index is 0.0615. The minimum Gasteiger partial charge on any atom is -0.508 e. The zero-order valence-corrected chi connectivity index (χ0v) is 22.1. The van der Waals surface area contributed by atoms with E-state index in [0.717, 1.165) is 11.1 Å². The molecule has 0 radical (unpaired) electrons. The summed E-state index contributed by atoms with van der Waals surface area (Å²) in [4.78, 5) is 4.22. The number of nitrogens with zero attached hydrogens (tertiary/aromatic N) is 2. The van der Waals surface area contributed by atoms with Crippen LogP contribution in [0.2, 0.25) is 0 Å². The second kappa shape index (κ2) is 15.2. The van der Waals surface area contributed by atoms with Crippen LogP contribution in [0.1, 0.15) is 23.1 Å². The third-order valence-corrected chi connectivity index (χ3v) is 6.23. The second-order valence-electron chi connectivity index (χ2n) is 9.19. The third kappa shape index (κ3) is 8.43. The van der Waals surface area contributed by atoms with Gasteiger partial charge in [-0.3, -0.25) is 10.3 Å². The standard InChI is InChI=1S/C27H36N4O9/c1-16-11-18(34)13-21(39-26-25(37)24(36)23(35)22(14-33)40-26)20(16)12-17-3-5-19(6-4-17)38-10-2-7-29-27(31-15-28)30-8-9-32/h3-6,11,13,22-26,32-37H,2,7-10,12,14H2,1H3,(H2,29,30,31)/t22-,23-,24+,25-,26-/m1/s1. The van der Waals surface area contributed by atoms with Gasteiger partial charge in [-0.25, -0.2) is 0 Å². The summed E-state index contributed by atoms with van der Waals surface area (Å²) in [5, 5.41) is 72.9. The fourth-order valence-electron chi connectivity index (χ4n) is 4.11. The van der Waals surface area contributed by atoms with Gasteiger partial charge in [0.05, 0.1) is 19.8 Å². The molecule has 1 saturated heterocycles. The van der Waals surface area contributed by atoms with Crippen LogP contribution in [-0.2, 0) is 11.2 Å². The van der Waals surface area contributed by atoms with Crippen molar-refractivity contribution in [3.63, 3.8) is 0 Å². The molecule has 13 nitrogen and oxygen atoms in total. The van der Waals surface area contributed by atoms with Gasteiger partial charge in [-0.15, -0.1) is 0 Å². The van der Waals surface area contributed by atoms with E-state index in [1.54, 1.807) is 19.2 Å². The fraction of sp³-hybridized carbons (Fsp3) is 0.481. The van der Waals surface area contributed by atoms with Gasteiger partial charge in [0.25, 0.3) is 0 Å². The Morgan fingerprint density at radius 2 is 1.85 bits per heavy atom. The van der Waals surface area contributed by atoms with Crippen LogP contribution in [0.5, 0.6) is 17.2 Å². The smallest absolute Gasteiger partial charge is 0.229 e. The molecule has 5 atom stereocenters. The average Bonchev–Trinajstić information content (AvgIpc) is 2.94. The zero-order chi connectivity index (χ0) is 29.1. The first-order valence-corrected chi connectivity index (χ1v) is 12.8. The first-order chi connectivity index (χ1) is 19.3. The Morgan fingerprint density at radius 1 is 1.10 bits per heavy atom. The molecule has 0 unspecified atom stereocenters. The van der Waals surface area contributed by atoms with E-state index >= 15 is 0 Å². The predicted molar refractivity (Wildman–Crippen MR) is 143 cm³/mol. The Kier molecular flexibility index (Phi) is 11.8. The predicted octanol–water partition coefficient (Wildman–Crippen LogP) is -0.752. The van der Waals surface area contributed by atoms with Gasteiger partial charge in [0, 0.05) is 37.6 Å². The number of nitriles is 1. The number of benzene rings is 2. The molecule has 0 aromatic heterocycles. The van der Waals surface area contributed by atoms with Gasteiger partial charge in [-0.1, -0.05) is 12.1 Å². The number of hydrogen-bond acceptors (Lipinski definition) is 11. The van der Waals surface area contributed by atoms with Crippen molar-refractivity contribution in [2.24, 2.45) is 4.99 Å². The van der Waals surface area contributed by atoms with Crippen LogP contribution in [-0.4, -0.2) is 100 Å². The Bertz CT molecular complexity index is 1150. The summed E-state index contributed by atoms with van der Waals surface area (Å²) in [6, 6.07) is 10.3. The van der Waals surface area contributed by atoms with Crippen molar-refractivity contribution in [1.29, 1.82) is 5.26 Å². The number of nitrogens with one attached hydrogen (secondary N) is 2. The van der Waals surface area contributed by atoms with Gasteiger partial charge < -0.3 is 50.2 Å². The molecule has 40 heavy (non-hydrogen) atoms. The summed E-state index contributed by atoms with van der Waals surface area (Å²) in [6.07, 6.45) is -4.39. The molecule has 1 fully saturated rings. The number of rotatable bonds is 12. The molecule has 1 aliphatic heterocycles. The largest absolute Gasteiger partial charge is 0.508 e. The van der Waals surface area contributed by atoms with Crippen LogP contribution >= 0.6 is 0 Å². The first-order valence-electron chi connectivity index (χ1n) is 12.8. The van der Waals surface area contributed by atoms with Crippen molar-refractivity contribution in [1.82, 2.24) is 10.6 Å². The van der Waals surface area contributed by atoms with E-state index in [-0.39, 0.29) is 24.7 Å². The summed E-state index contributed by atoms with van der Waals surface area (Å²) in [7, 11) is 0. The Labute approximate surface area is 231 Å². The van der Waals surface area contributed by atoms with E-state index in [1.807, 2.05) is 24.3 Å². The molecule has 2 aromatic carbocycles. The van der Waals surface area contributed by atoms with Crippen LogP contribution < -0.4 is 20.1 Å². The second-order valence-corrected chi connectivity index (χ2v) is 9.19. The van der Waals surface area contributed by atoms with Gasteiger partial charge in [-0.05, 0) is 36.2 Å². The quantitative estimate of drug-likeness (QED) is 0.0530. The molecule has 8 N–H and O–H groups in total. The molecule has 13 heteroatoms. The number of guanidine groups is 1. The molecule has 0 spiro atoms. The average molecular weight is 561 g/mol. The molecular weight excluding hydrogens is 524 g/mol. The van der Waals surface area contributed by atoms with Crippen LogP contribution in [0.3, 0.4) is 0 Å². The summed E-state index contributed by atoms with van der Waals surface area (Å²) >= 11 is 0. The number of aliphatic hydroxyl groups excluding tert-OH is 5. The lowest BCUT2D eigenvalue weighted by atomic mass is 9.98. The van der Waals surface area contributed by atoms with Crippen molar-refractivity contribution < 1.29 is 44.8 Å². The third-order valence-electron chi connectivity index (χ3n) is 6.23. The fourth-order valence-corrected chi connectivity index (χ4v) is 4.11. The maximum absolute atomic E-state index is 10.4. The highest BCUT2D eigenvalue weighted by molar-refractivity contribution is 5.81. The molecule has 0 saturated carbocycles. The Morgan fingerprint density at radius 3 is 2.52 bits per heavy atom. The molecular formula is C27H36N4O9. The highest BCUT2D eigenvalue weighted by Gasteiger charge is 2.45. The van der Waals surface area contributed by atoms with E-state index in [4.69, 9.17) is 24.6 Å². The number of aliphatic imine (C=N–C) groups is 1. The number of hydrogen-bond donors (Lipinski definition) is 8. The molecule has 1 heterocycles. The zero-order valence-electron chi connectivity index (χ0n) is 22.1. The number of aliphatic hydroxyl groups is 5. The molecule has 2 aromatic rings. The van der Waals surface area contributed by atoms with E-state index in [1.165, 1.54) is 6.07 Å². The monoisotopic (exact) mass is 560 g/mol. The van der Waals surface area contributed by atoms with Crippen molar-refractivity contribution >= 4 is 5.96 Å². The van der Waals surface area contributed by atoms with E-state index < -0.39 is 37.3 Å². The summed E-state index contributed by atoms with van der Waals surface area (Å²) in [5.41, 5.74) is 2.34. The van der Waals surface area contributed by atoms with Crippen molar-refractivity contribution in [2.45, 2.75) is 50.5 Å². The number of aromatic hydroxyl groups is 1. The van der Waals surface area contributed by atoms with Crippen LogP contribution in [0.15, 0.2) is 41.4 Å². The number of phenols is 1. The maximum atomic E-state index is 10.4. The molecule has 0 amide bonds. The first kappa shape index (κ1) is 30.9. The van der Waals surface area contributed by atoms with Crippen molar-refractivity contribution in [3.8, 4) is 23.4 Å². The van der Waals surface area contributed by atoms with Gasteiger partial charge in [-0.2, -0.15) is 5.26 Å². The lowest BCUT2D eigenvalue weighted by Crippen LogP contribution is -2.60. The topological polar surface area (TPSA) is 209 Å². The van der Waals surface area contributed by atoms with E-state index in [0.29, 0.717) is 43.3 Å². The number of phenolic OH excluding ortho intramolecular Hbond substituents is 1. The molecule has 218 valence electrons. The lowest BCUT2D eigenvalue weighted by molar-refractivity contribution is -0.277. The minimum atomic E-state index is -1.59. The van der Waals surface area contributed by atoms with Gasteiger partial charge in [0.15, 0.2) is 6.19 Å². The molecule has 0 bridgehead atoms. The van der Waals surface area contributed by atoms with Crippen LogP contribution in [0.25, 0.3) is 0 Å². The normalized spacial score (nSPS) is 22.8. The SMILES string of the molecule is Cc1cc(O)cc(O[C@@H]2O[C@H](CO)[C@@H](O)[C@H](O)[C@H]2O)c1Cc1ccc(OCCCN=C(NC#N)NCCO)cc1. The summed E-state index contributed by atoms with van der Waals surface area (Å²) in [6.45, 7) is 2.23. The van der Waals surface area contributed by atoms with Gasteiger partial charge in [0.1, 0.15) is 41.7 Å². The number of ether oxygens (including phenoxy) is 3. The Hall–Kier alpha value is -3.64.